The van der Waals surface area contributed by atoms with E-state index in [1.807, 2.05) is 47.8 Å². The number of rotatable bonds is 3. The van der Waals surface area contributed by atoms with Gasteiger partial charge in [-0.15, -0.1) is 0 Å². The first kappa shape index (κ1) is 13.6. The van der Waals surface area contributed by atoms with Gasteiger partial charge in [-0.05, 0) is 24.1 Å². The predicted molar refractivity (Wildman–Crippen MR) is 79.3 cm³/mol. The minimum atomic E-state index is -0.260. The number of aliphatic hydroxyl groups excluding tert-OH is 1. The van der Waals surface area contributed by atoms with Crippen LogP contribution in [-0.2, 0) is 6.42 Å². The second kappa shape index (κ2) is 6.37. The molecule has 1 aromatic rings. The summed E-state index contributed by atoms with van der Waals surface area (Å²) in [5.41, 5.74) is 1.16. The Morgan fingerprint density at radius 3 is 2.59 bits per heavy atom. The zero-order valence-corrected chi connectivity index (χ0v) is 12.2. The quantitative estimate of drug-likeness (QED) is 0.920. The Hall–Kier alpha value is 0.170. The SMILES string of the molecule is CC1SCCSC1C(O)Cc1ccc(Cl)cc1. The predicted octanol–water partition coefficient (Wildman–Crippen LogP) is 3.48. The zero-order chi connectivity index (χ0) is 12.3. The molecule has 0 aromatic heterocycles. The molecule has 1 aliphatic heterocycles. The average Bonchev–Trinajstić information content (AvgIpc) is 2.32. The Morgan fingerprint density at radius 1 is 1.29 bits per heavy atom. The normalized spacial score (nSPS) is 26.8. The summed E-state index contributed by atoms with van der Waals surface area (Å²) in [5, 5.41) is 11.9. The van der Waals surface area contributed by atoms with E-state index in [2.05, 4.69) is 6.92 Å². The van der Waals surface area contributed by atoms with Crippen LogP contribution in [0, 0.1) is 0 Å². The van der Waals surface area contributed by atoms with Crippen LogP contribution in [0.15, 0.2) is 24.3 Å². The monoisotopic (exact) mass is 288 g/mol. The summed E-state index contributed by atoms with van der Waals surface area (Å²) in [6, 6.07) is 7.76. The summed E-state index contributed by atoms with van der Waals surface area (Å²) < 4.78 is 0. The van der Waals surface area contributed by atoms with Gasteiger partial charge < -0.3 is 5.11 Å². The third-order valence-electron chi connectivity index (χ3n) is 2.97. The van der Waals surface area contributed by atoms with Gasteiger partial charge in [0.25, 0.3) is 0 Å². The van der Waals surface area contributed by atoms with E-state index in [0.717, 1.165) is 22.8 Å². The summed E-state index contributed by atoms with van der Waals surface area (Å²) in [7, 11) is 0. The molecule has 1 aromatic carbocycles. The Bertz CT molecular complexity index is 355. The van der Waals surface area contributed by atoms with Crippen molar-refractivity contribution in [3.63, 3.8) is 0 Å². The molecule has 1 N–H and O–H groups in total. The number of aliphatic hydroxyl groups is 1. The van der Waals surface area contributed by atoms with Crippen LogP contribution in [0.3, 0.4) is 0 Å². The molecule has 1 saturated heterocycles. The number of hydrogen-bond donors (Lipinski definition) is 1. The maximum Gasteiger partial charge on any atom is 0.0709 e. The zero-order valence-electron chi connectivity index (χ0n) is 9.80. The largest absolute Gasteiger partial charge is 0.392 e. The average molecular weight is 289 g/mol. The molecule has 1 aliphatic rings. The first-order valence-corrected chi connectivity index (χ1v) is 8.30. The summed E-state index contributed by atoms with van der Waals surface area (Å²) >= 11 is 9.72. The van der Waals surface area contributed by atoms with Gasteiger partial charge in [0.2, 0.25) is 0 Å². The van der Waals surface area contributed by atoms with E-state index >= 15 is 0 Å². The van der Waals surface area contributed by atoms with Gasteiger partial charge in [-0.2, -0.15) is 23.5 Å². The molecule has 1 fully saturated rings. The first-order chi connectivity index (χ1) is 8.16. The summed E-state index contributed by atoms with van der Waals surface area (Å²) in [6.45, 7) is 2.21. The van der Waals surface area contributed by atoms with Gasteiger partial charge in [-0.3, -0.25) is 0 Å². The fourth-order valence-corrected chi connectivity index (χ4v) is 5.02. The number of halogens is 1. The van der Waals surface area contributed by atoms with Crippen LogP contribution in [0.1, 0.15) is 12.5 Å². The Labute approximate surface area is 116 Å². The van der Waals surface area contributed by atoms with Crippen LogP contribution >= 0.6 is 35.1 Å². The van der Waals surface area contributed by atoms with E-state index < -0.39 is 0 Å². The van der Waals surface area contributed by atoms with Gasteiger partial charge in [-0.25, -0.2) is 0 Å². The van der Waals surface area contributed by atoms with Crippen LogP contribution < -0.4 is 0 Å². The van der Waals surface area contributed by atoms with Crippen molar-refractivity contribution in [3.8, 4) is 0 Å². The van der Waals surface area contributed by atoms with E-state index in [0.29, 0.717) is 10.5 Å². The van der Waals surface area contributed by atoms with Gasteiger partial charge in [0, 0.05) is 27.0 Å². The van der Waals surface area contributed by atoms with Crippen LogP contribution in [0.5, 0.6) is 0 Å². The molecule has 0 amide bonds. The lowest BCUT2D eigenvalue weighted by molar-refractivity contribution is 0.171. The van der Waals surface area contributed by atoms with Crippen molar-refractivity contribution in [2.24, 2.45) is 0 Å². The highest BCUT2D eigenvalue weighted by molar-refractivity contribution is 8.07. The Morgan fingerprint density at radius 2 is 1.94 bits per heavy atom. The molecule has 0 saturated carbocycles. The van der Waals surface area contributed by atoms with Crippen molar-refractivity contribution in [2.75, 3.05) is 11.5 Å². The van der Waals surface area contributed by atoms with E-state index in [4.69, 9.17) is 11.6 Å². The minimum Gasteiger partial charge on any atom is -0.392 e. The summed E-state index contributed by atoms with van der Waals surface area (Å²) in [5.74, 6) is 2.35. The second-order valence-electron chi connectivity index (χ2n) is 4.31. The maximum absolute atomic E-state index is 10.3. The summed E-state index contributed by atoms with van der Waals surface area (Å²) in [4.78, 5) is 0. The highest BCUT2D eigenvalue weighted by atomic mass is 35.5. The van der Waals surface area contributed by atoms with Crippen molar-refractivity contribution in [1.29, 1.82) is 0 Å². The lowest BCUT2D eigenvalue weighted by atomic mass is 10.0. The third-order valence-corrected chi connectivity index (χ3v) is 6.46. The standard InChI is InChI=1S/C13H17ClOS2/c1-9-13(17-7-6-16-9)12(15)8-10-2-4-11(14)5-3-10/h2-5,9,12-13,15H,6-8H2,1H3. The van der Waals surface area contributed by atoms with Crippen molar-refractivity contribution in [1.82, 2.24) is 0 Å². The fourth-order valence-electron chi connectivity index (χ4n) is 2.05. The van der Waals surface area contributed by atoms with E-state index in [1.165, 1.54) is 5.75 Å². The molecule has 3 atom stereocenters. The minimum absolute atomic E-state index is 0.260. The van der Waals surface area contributed by atoms with Gasteiger partial charge in [-0.1, -0.05) is 30.7 Å². The van der Waals surface area contributed by atoms with Gasteiger partial charge >= 0.3 is 0 Å². The smallest absolute Gasteiger partial charge is 0.0709 e. The van der Waals surface area contributed by atoms with Crippen LogP contribution in [0.4, 0.5) is 0 Å². The molecule has 3 unspecified atom stereocenters. The molecule has 94 valence electrons. The number of benzene rings is 1. The van der Waals surface area contributed by atoms with Crippen molar-refractivity contribution in [3.05, 3.63) is 34.9 Å². The molecule has 0 spiro atoms. The van der Waals surface area contributed by atoms with Crippen molar-refractivity contribution < 1.29 is 5.11 Å². The van der Waals surface area contributed by atoms with Crippen LogP contribution in [-0.4, -0.2) is 33.2 Å². The highest BCUT2D eigenvalue weighted by Gasteiger charge is 2.28. The first-order valence-electron chi connectivity index (χ1n) is 5.82. The molecule has 1 nitrogen and oxygen atoms in total. The van der Waals surface area contributed by atoms with Gasteiger partial charge in [0.15, 0.2) is 0 Å². The Balaban J connectivity index is 1.95. The Kier molecular flexibility index (Phi) is 5.10. The molecular weight excluding hydrogens is 272 g/mol. The summed E-state index contributed by atoms with van der Waals surface area (Å²) in [6.07, 6.45) is 0.462. The lowest BCUT2D eigenvalue weighted by Gasteiger charge is -2.31. The molecule has 17 heavy (non-hydrogen) atoms. The van der Waals surface area contributed by atoms with E-state index in [-0.39, 0.29) is 6.10 Å². The molecule has 0 radical (unpaired) electrons. The molecule has 0 aliphatic carbocycles. The van der Waals surface area contributed by atoms with Crippen LogP contribution in [0.2, 0.25) is 5.02 Å². The second-order valence-corrected chi connectivity index (χ2v) is 7.52. The molecule has 1 heterocycles. The van der Waals surface area contributed by atoms with Gasteiger partial charge in [0.1, 0.15) is 0 Å². The van der Waals surface area contributed by atoms with E-state index in [9.17, 15) is 5.11 Å². The lowest BCUT2D eigenvalue weighted by Crippen LogP contribution is -2.36. The number of hydrogen-bond acceptors (Lipinski definition) is 3. The maximum atomic E-state index is 10.3. The molecule has 2 rings (SSSR count). The van der Waals surface area contributed by atoms with Crippen molar-refractivity contribution in [2.45, 2.75) is 29.9 Å². The van der Waals surface area contributed by atoms with Crippen molar-refractivity contribution >= 4 is 35.1 Å². The van der Waals surface area contributed by atoms with Gasteiger partial charge in [0.05, 0.1) is 6.10 Å². The number of thioether (sulfide) groups is 2. The highest BCUT2D eigenvalue weighted by Crippen LogP contribution is 2.33. The topological polar surface area (TPSA) is 20.2 Å². The molecule has 4 heteroatoms. The molecular formula is C13H17ClOS2. The molecule has 0 bridgehead atoms. The van der Waals surface area contributed by atoms with E-state index in [1.54, 1.807) is 0 Å². The fraction of sp³-hybridized carbons (Fsp3) is 0.538. The van der Waals surface area contributed by atoms with Crippen LogP contribution in [0.25, 0.3) is 0 Å². The third kappa shape index (κ3) is 3.82.